The molecule has 114 valence electrons. The fourth-order valence-corrected chi connectivity index (χ4v) is 3.83. The monoisotopic (exact) mass is 320 g/mol. The van der Waals surface area contributed by atoms with Crippen molar-refractivity contribution in [3.63, 3.8) is 0 Å². The van der Waals surface area contributed by atoms with E-state index < -0.39 is 5.60 Å². The zero-order chi connectivity index (χ0) is 15.5. The van der Waals surface area contributed by atoms with E-state index in [-0.39, 0.29) is 6.10 Å². The van der Waals surface area contributed by atoms with Crippen LogP contribution in [0.1, 0.15) is 22.8 Å². The molecular formula is C20H16O2S. The molecule has 0 bridgehead atoms. The van der Waals surface area contributed by atoms with Crippen LogP contribution in [0.4, 0.5) is 0 Å². The first-order valence-electron chi connectivity index (χ1n) is 7.58. The van der Waals surface area contributed by atoms with Crippen molar-refractivity contribution in [1.29, 1.82) is 0 Å². The van der Waals surface area contributed by atoms with Crippen molar-refractivity contribution in [3.8, 4) is 0 Å². The SMILES string of the molecule is c1ccc([C@H]2OSOC2(c2ccccc2)c2ccccc2)cc1. The molecule has 0 unspecified atom stereocenters. The highest BCUT2D eigenvalue weighted by atomic mass is 32.2. The van der Waals surface area contributed by atoms with E-state index >= 15 is 0 Å². The van der Waals surface area contributed by atoms with E-state index in [1.54, 1.807) is 0 Å². The van der Waals surface area contributed by atoms with Gasteiger partial charge >= 0.3 is 0 Å². The summed E-state index contributed by atoms with van der Waals surface area (Å²) in [6.07, 6.45) is -0.210. The van der Waals surface area contributed by atoms with Gasteiger partial charge in [0.1, 0.15) is 6.10 Å². The Bertz CT molecular complexity index is 720. The minimum atomic E-state index is -0.658. The van der Waals surface area contributed by atoms with Crippen LogP contribution in [0, 0.1) is 0 Å². The van der Waals surface area contributed by atoms with Crippen molar-refractivity contribution in [2.75, 3.05) is 0 Å². The van der Waals surface area contributed by atoms with Gasteiger partial charge in [0.15, 0.2) is 17.9 Å². The maximum Gasteiger partial charge on any atom is 0.167 e. The average Bonchev–Trinajstić information content (AvgIpc) is 3.10. The summed E-state index contributed by atoms with van der Waals surface area (Å²) in [7, 11) is 0. The molecule has 1 atom stereocenters. The number of hydrogen-bond acceptors (Lipinski definition) is 3. The zero-order valence-electron chi connectivity index (χ0n) is 12.5. The highest BCUT2D eigenvalue weighted by molar-refractivity contribution is 7.90. The quantitative estimate of drug-likeness (QED) is 0.612. The lowest BCUT2D eigenvalue weighted by Gasteiger charge is -2.32. The first-order valence-corrected chi connectivity index (χ1v) is 8.25. The summed E-state index contributed by atoms with van der Waals surface area (Å²) in [6.45, 7) is 0. The lowest BCUT2D eigenvalue weighted by Crippen LogP contribution is -2.32. The molecular weight excluding hydrogens is 304 g/mol. The van der Waals surface area contributed by atoms with Gasteiger partial charge in [-0.05, 0) is 16.7 Å². The van der Waals surface area contributed by atoms with E-state index in [0.717, 1.165) is 29.0 Å². The van der Waals surface area contributed by atoms with E-state index in [1.165, 1.54) is 0 Å². The second-order valence-electron chi connectivity index (χ2n) is 5.51. The van der Waals surface area contributed by atoms with Gasteiger partial charge in [-0.1, -0.05) is 91.0 Å². The summed E-state index contributed by atoms with van der Waals surface area (Å²) in [5.74, 6) is 0. The van der Waals surface area contributed by atoms with Gasteiger partial charge in [-0.3, -0.25) is 8.37 Å². The molecule has 23 heavy (non-hydrogen) atoms. The normalized spacial score (nSPS) is 19.6. The van der Waals surface area contributed by atoms with Crippen LogP contribution in [0.25, 0.3) is 0 Å². The third-order valence-corrected chi connectivity index (χ3v) is 4.78. The van der Waals surface area contributed by atoms with E-state index in [1.807, 2.05) is 54.6 Å². The van der Waals surface area contributed by atoms with E-state index in [2.05, 4.69) is 36.4 Å². The van der Waals surface area contributed by atoms with Gasteiger partial charge in [0.05, 0.1) is 0 Å². The second-order valence-corrected chi connectivity index (χ2v) is 6.00. The Hall–Kier alpha value is -2.07. The molecule has 1 aliphatic heterocycles. The van der Waals surface area contributed by atoms with Crippen molar-refractivity contribution in [3.05, 3.63) is 108 Å². The van der Waals surface area contributed by atoms with Crippen LogP contribution in [0.15, 0.2) is 91.0 Å². The third-order valence-electron chi connectivity index (χ3n) is 4.18. The molecule has 4 rings (SSSR count). The molecule has 0 aromatic heterocycles. The Balaban J connectivity index is 1.93. The molecule has 0 saturated carbocycles. The Morgan fingerprint density at radius 2 is 1.13 bits per heavy atom. The molecule has 0 aliphatic carbocycles. The molecule has 3 heteroatoms. The predicted molar refractivity (Wildman–Crippen MR) is 92.6 cm³/mol. The minimum absolute atomic E-state index is 0.210. The molecule has 1 heterocycles. The highest BCUT2D eigenvalue weighted by Crippen LogP contribution is 2.55. The summed E-state index contributed by atoms with van der Waals surface area (Å²) in [5, 5.41) is 0. The summed E-state index contributed by atoms with van der Waals surface area (Å²) in [4.78, 5) is 0. The van der Waals surface area contributed by atoms with Gasteiger partial charge in [0.2, 0.25) is 0 Å². The van der Waals surface area contributed by atoms with Gasteiger partial charge in [-0.15, -0.1) is 0 Å². The minimum Gasteiger partial charge on any atom is -0.279 e. The number of hydrogen-bond donors (Lipinski definition) is 0. The third kappa shape index (κ3) is 2.47. The summed E-state index contributed by atoms with van der Waals surface area (Å²) < 4.78 is 12.1. The predicted octanol–water partition coefficient (Wildman–Crippen LogP) is 5.28. The molecule has 1 aliphatic rings. The molecule has 1 saturated heterocycles. The molecule has 1 fully saturated rings. The lowest BCUT2D eigenvalue weighted by atomic mass is 9.79. The Kier molecular flexibility index (Phi) is 3.92. The number of benzene rings is 3. The fraction of sp³-hybridized carbons (Fsp3) is 0.100. The van der Waals surface area contributed by atoms with Gasteiger partial charge in [0.25, 0.3) is 0 Å². The maximum atomic E-state index is 6.17. The largest absolute Gasteiger partial charge is 0.279 e. The Labute approximate surface area is 140 Å². The molecule has 0 amide bonds. The van der Waals surface area contributed by atoms with Gasteiger partial charge in [-0.2, -0.15) is 0 Å². The van der Waals surface area contributed by atoms with Gasteiger partial charge in [-0.25, -0.2) is 0 Å². The fourth-order valence-electron chi connectivity index (χ4n) is 3.08. The van der Waals surface area contributed by atoms with E-state index in [9.17, 15) is 0 Å². The van der Waals surface area contributed by atoms with Crippen LogP contribution in [0.2, 0.25) is 0 Å². The topological polar surface area (TPSA) is 18.5 Å². The first kappa shape index (κ1) is 14.5. The van der Waals surface area contributed by atoms with Crippen molar-refractivity contribution in [2.24, 2.45) is 0 Å². The van der Waals surface area contributed by atoms with Crippen LogP contribution in [-0.2, 0) is 14.0 Å². The molecule has 0 spiro atoms. The van der Waals surface area contributed by atoms with Crippen molar-refractivity contribution >= 4 is 12.3 Å². The zero-order valence-corrected chi connectivity index (χ0v) is 13.3. The standard InChI is InChI=1S/C20H16O2S/c1-4-10-16(11-5-1)19-20(22-23-21-19,17-12-6-2-7-13-17)18-14-8-3-9-15-18/h1-15,19H/t19-/m1/s1. The highest BCUT2D eigenvalue weighted by Gasteiger charge is 2.51. The summed E-state index contributed by atoms with van der Waals surface area (Å²) in [6, 6.07) is 30.8. The second kappa shape index (κ2) is 6.20. The van der Waals surface area contributed by atoms with Gasteiger partial charge in [0, 0.05) is 0 Å². The van der Waals surface area contributed by atoms with Crippen molar-refractivity contribution in [2.45, 2.75) is 11.7 Å². The Morgan fingerprint density at radius 3 is 1.65 bits per heavy atom. The Morgan fingerprint density at radius 1 is 0.652 bits per heavy atom. The van der Waals surface area contributed by atoms with Gasteiger partial charge < -0.3 is 0 Å². The first-order chi connectivity index (χ1) is 11.4. The van der Waals surface area contributed by atoms with Crippen LogP contribution in [-0.4, -0.2) is 0 Å². The smallest absolute Gasteiger partial charge is 0.167 e. The van der Waals surface area contributed by atoms with E-state index in [4.69, 9.17) is 8.37 Å². The molecule has 0 radical (unpaired) electrons. The summed E-state index contributed by atoms with van der Waals surface area (Å²) in [5.41, 5.74) is 2.62. The number of rotatable bonds is 3. The van der Waals surface area contributed by atoms with Crippen molar-refractivity contribution in [1.82, 2.24) is 0 Å². The van der Waals surface area contributed by atoms with E-state index in [0.29, 0.717) is 0 Å². The van der Waals surface area contributed by atoms with Crippen LogP contribution in [0.3, 0.4) is 0 Å². The average molecular weight is 320 g/mol. The van der Waals surface area contributed by atoms with Crippen molar-refractivity contribution < 1.29 is 8.37 Å². The molecule has 3 aromatic rings. The lowest BCUT2D eigenvalue weighted by molar-refractivity contribution is 0.0741. The molecule has 2 nitrogen and oxygen atoms in total. The maximum absolute atomic E-state index is 6.17. The van der Waals surface area contributed by atoms with Crippen LogP contribution in [0.5, 0.6) is 0 Å². The molecule has 3 aromatic carbocycles. The van der Waals surface area contributed by atoms with Crippen LogP contribution >= 0.6 is 12.3 Å². The summed E-state index contributed by atoms with van der Waals surface area (Å²) >= 11 is 1.07. The van der Waals surface area contributed by atoms with Crippen LogP contribution < -0.4 is 0 Å². The molecule has 0 N–H and O–H groups in total.